The fraction of sp³-hybridized carbons (Fsp3) is 0.471. The first-order valence-electron chi connectivity index (χ1n) is 15.6. The molecule has 4 heterocycles. The Hall–Kier alpha value is -4.26. The van der Waals surface area contributed by atoms with Gasteiger partial charge in [-0.1, -0.05) is 54.9 Å². The standard InChI is InChI=1S/C34H40BrN5O7/c1-33(2,3)28(38-31(42)47-34(4,5)6)30(41)40-16-22(13-25(40)29-36-14-24(37-29)19-7-10-21(35)11-8-19)46-32(43)39-15-20-9-12-26-27(23(20)17-39)45-18-44-26/h7-12,14,22,25,28H,13,15-18H2,1-6H3,(H,36,37)(H,38,42)/t22-,25+,28?/m1/s1. The molecule has 1 fully saturated rings. The normalized spacial score (nSPS) is 19.4. The van der Waals surface area contributed by atoms with Gasteiger partial charge in [0.1, 0.15) is 23.6 Å². The van der Waals surface area contributed by atoms with Crippen LogP contribution >= 0.6 is 15.9 Å². The smallest absolute Gasteiger partial charge is 0.410 e. The minimum Gasteiger partial charge on any atom is -0.454 e. The van der Waals surface area contributed by atoms with Crippen molar-refractivity contribution in [3.63, 3.8) is 0 Å². The number of alkyl carbamates (subject to hydrolysis) is 1. The molecule has 0 bridgehead atoms. The van der Waals surface area contributed by atoms with Crippen molar-refractivity contribution in [3.8, 4) is 22.8 Å². The molecule has 0 saturated carbocycles. The Morgan fingerprint density at radius 1 is 1.04 bits per heavy atom. The molecule has 1 aromatic heterocycles. The van der Waals surface area contributed by atoms with Crippen molar-refractivity contribution in [1.82, 2.24) is 25.1 Å². The fourth-order valence-corrected chi connectivity index (χ4v) is 6.36. The van der Waals surface area contributed by atoms with E-state index in [9.17, 15) is 14.4 Å². The molecule has 3 aliphatic rings. The predicted molar refractivity (Wildman–Crippen MR) is 175 cm³/mol. The highest BCUT2D eigenvalue weighted by Gasteiger charge is 2.46. The van der Waals surface area contributed by atoms with Crippen molar-refractivity contribution in [2.24, 2.45) is 5.41 Å². The van der Waals surface area contributed by atoms with E-state index in [2.05, 4.69) is 26.2 Å². The molecule has 3 atom stereocenters. The van der Waals surface area contributed by atoms with E-state index in [1.807, 2.05) is 57.2 Å². The van der Waals surface area contributed by atoms with Gasteiger partial charge in [-0.2, -0.15) is 0 Å². The second-order valence-corrected chi connectivity index (χ2v) is 15.1. The van der Waals surface area contributed by atoms with E-state index < -0.39 is 41.4 Å². The lowest BCUT2D eigenvalue weighted by atomic mass is 9.85. The summed E-state index contributed by atoms with van der Waals surface area (Å²) >= 11 is 3.47. The zero-order chi connectivity index (χ0) is 33.7. The molecule has 1 unspecified atom stereocenters. The minimum atomic E-state index is -0.924. The van der Waals surface area contributed by atoms with E-state index >= 15 is 0 Å². The fourth-order valence-electron chi connectivity index (χ4n) is 6.09. The van der Waals surface area contributed by atoms with E-state index in [0.717, 1.165) is 21.2 Å². The Morgan fingerprint density at radius 2 is 1.79 bits per heavy atom. The maximum atomic E-state index is 14.4. The SMILES string of the molecule is CC(C)(C)OC(=O)NC(C(=O)N1C[C@H](OC(=O)N2Cc3ccc4c(c3C2)OCO4)C[C@H]1c1nc(-c2ccc(Br)cc2)c[nH]1)C(C)(C)C. The first kappa shape index (κ1) is 32.7. The molecule has 250 valence electrons. The number of nitrogens with one attached hydrogen (secondary N) is 2. The van der Waals surface area contributed by atoms with Gasteiger partial charge in [0.05, 0.1) is 24.8 Å². The molecule has 0 spiro atoms. The number of carbonyl (C=O) groups is 3. The van der Waals surface area contributed by atoms with Gasteiger partial charge in [-0.05, 0) is 49.9 Å². The lowest BCUT2D eigenvalue weighted by molar-refractivity contribution is -0.137. The van der Waals surface area contributed by atoms with Gasteiger partial charge < -0.3 is 34.1 Å². The third-order valence-corrected chi connectivity index (χ3v) is 8.88. The van der Waals surface area contributed by atoms with Crippen LogP contribution in [0, 0.1) is 5.41 Å². The Balaban J connectivity index is 1.24. The number of H-pyrrole nitrogens is 1. The van der Waals surface area contributed by atoms with Crippen LogP contribution in [0.1, 0.15) is 71.0 Å². The number of rotatable bonds is 5. The highest BCUT2D eigenvalue weighted by atomic mass is 79.9. The molecule has 1 saturated heterocycles. The van der Waals surface area contributed by atoms with Crippen LogP contribution in [0.3, 0.4) is 0 Å². The third-order valence-electron chi connectivity index (χ3n) is 8.35. The van der Waals surface area contributed by atoms with Gasteiger partial charge in [0, 0.05) is 34.8 Å². The van der Waals surface area contributed by atoms with Gasteiger partial charge in [-0.15, -0.1) is 0 Å². The van der Waals surface area contributed by atoms with Crippen LogP contribution in [0.5, 0.6) is 11.5 Å². The largest absolute Gasteiger partial charge is 0.454 e. The van der Waals surface area contributed by atoms with Gasteiger partial charge in [0.25, 0.3) is 0 Å². The predicted octanol–water partition coefficient (Wildman–Crippen LogP) is 6.30. The summed E-state index contributed by atoms with van der Waals surface area (Å²) in [5, 5.41) is 2.80. The van der Waals surface area contributed by atoms with E-state index in [1.54, 1.807) is 36.8 Å². The van der Waals surface area contributed by atoms with Gasteiger partial charge in [-0.3, -0.25) is 9.69 Å². The van der Waals surface area contributed by atoms with Crippen LogP contribution in [0.15, 0.2) is 47.1 Å². The summed E-state index contributed by atoms with van der Waals surface area (Å²) in [7, 11) is 0. The number of likely N-dealkylation sites (tertiary alicyclic amines) is 1. The summed E-state index contributed by atoms with van der Waals surface area (Å²) in [6.07, 6.45) is 0.331. The topological polar surface area (TPSA) is 135 Å². The van der Waals surface area contributed by atoms with E-state index in [4.69, 9.17) is 23.9 Å². The van der Waals surface area contributed by atoms with Crippen molar-refractivity contribution in [2.75, 3.05) is 13.3 Å². The molecule has 2 aromatic carbocycles. The number of benzene rings is 2. The van der Waals surface area contributed by atoms with Crippen molar-refractivity contribution in [3.05, 3.63) is 64.0 Å². The summed E-state index contributed by atoms with van der Waals surface area (Å²) in [5.74, 6) is 1.57. The molecule has 12 nitrogen and oxygen atoms in total. The van der Waals surface area contributed by atoms with Crippen LogP contribution in [-0.4, -0.2) is 68.9 Å². The van der Waals surface area contributed by atoms with Gasteiger partial charge >= 0.3 is 12.2 Å². The Kier molecular flexibility index (Phi) is 8.62. The van der Waals surface area contributed by atoms with Crippen molar-refractivity contribution in [1.29, 1.82) is 0 Å². The highest BCUT2D eigenvalue weighted by Crippen LogP contribution is 2.42. The number of hydrogen-bond acceptors (Lipinski definition) is 8. The lowest BCUT2D eigenvalue weighted by Gasteiger charge is -2.35. The number of hydrogen-bond donors (Lipinski definition) is 2. The zero-order valence-corrected chi connectivity index (χ0v) is 29.0. The van der Waals surface area contributed by atoms with Crippen LogP contribution in [0.25, 0.3) is 11.3 Å². The molecule has 3 aliphatic heterocycles. The number of aromatic amines is 1. The Labute approximate surface area is 282 Å². The quantitative estimate of drug-likeness (QED) is 0.315. The summed E-state index contributed by atoms with van der Waals surface area (Å²) in [6, 6.07) is 10.1. The molecule has 2 N–H and O–H groups in total. The van der Waals surface area contributed by atoms with E-state index in [0.29, 0.717) is 42.5 Å². The molecule has 3 amide bonds. The van der Waals surface area contributed by atoms with Crippen LogP contribution < -0.4 is 14.8 Å². The molecule has 6 rings (SSSR count). The molecule has 47 heavy (non-hydrogen) atoms. The summed E-state index contributed by atoms with van der Waals surface area (Å²) in [4.78, 5) is 52.1. The number of aromatic nitrogens is 2. The molecule has 0 radical (unpaired) electrons. The van der Waals surface area contributed by atoms with Gasteiger partial charge in [0.15, 0.2) is 11.5 Å². The van der Waals surface area contributed by atoms with E-state index in [-0.39, 0.29) is 19.2 Å². The number of ether oxygens (including phenoxy) is 4. The van der Waals surface area contributed by atoms with Gasteiger partial charge in [-0.25, -0.2) is 14.6 Å². The first-order chi connectivity index (χ1) is 22.2. The number of amides is 3. The van der Waals surface area contributed by atoms with Crippen LogP contribution in [-0.2, 0) is 27.4 Å². The molecule has 13 heteroatoms. The highest BCUT2D eigenvalue weighted by molar-refractivity contribution is 9.10. The number of nitrogens with zero attached hydrogens (tertiary/aromatic N) is 3. The minimum absolute atomic E-state index is 0.124. The average Bonchev–Trinajstić information content (AvgIpc) is 3.79. The number of imidazole rings is 1. The number of halogens is 1. The number of carbonyl (C=O) groups excluding carboxylic acids is 3. The van der Waals surface area contributed by atoms with E-state index in [1.165, 1.54) is 0 Å². The second kappa shape index (κ2) is 12.4. The van der Waals surface area contributed by atoms with Crippen molar-refractivity contribution < 1.29 is 33.3 Å². The van der Waals surface area contributed by atoms with Crippen LogP contribution in [0.4, 0.5) is 9.59 Å². The summed E-state index contributed by atoms with van der Waals surface area (Å²) < 4.78 is 23.7. The maximum absolute atomic E-state index is 14.4. The Bertz CT molecular complexity index is 1680. The second-order valence-electron chi connectivity index (χ2n) is 14.2. The first-order valence-corrected chi connectivity index (χ1v) is 16.4. The molecule has 0 aliphatic carbocycles. The van der Waals surface area contributed by atoms with Crippen LogP contribution in [0.2, 0.25) is 0 Å². The summed E-state index contributed by atoms with van der Waals surface area (Å²) in [6.45, 7) is 11.9. The Morgan fingerprint density at radius 3 is 2.49 bits per heavy atom. The molecular formula is C34H40BrN5O7. The maximum Gasteiger partial charge on any atom is 0.410 e. The summed E-state index contributed by atoms with van der Waals surface area (Å²) in [5.41, 5.74) is 2.11. The van der Waals surface area contributed by atoms with Gasteiger partial charge in [0.2, 0.25) is 12.7 Å². The third kappa shape index (κ3) is 7.04. The average molecular weight is 711 g/mol. The lowest BCUT2D eigenvalue weighted by Crippen LogP contribution is -2.55. The number of fused-ring (bicyclic) bond motifs is 3. The monoisotopic (exact) mass is 709 g/mol. The van der Waals surface area contributed by atoms with Crippen molar-refractivity contribution in [2.45, 2.75) is 84.8 Å². The molecule has 3 aromatic rings. The molecular weight excluding hydrogens is 670 g/mol. The van der Waals surface area contributed by atoms with Crippen molar-refractivity contribution >= 4 is 34.0 Å². The zero-order valence-electron chi connectivity index (χ0n) is 27.4.